The van der Waals surface area contributed by atoms with Crippen LogP contribution in [0, 0.1) is 11.8 Å². The van der Waals surface area contributed by atoms with Gasteiger partial charge in [0.25, 0.3) is 0 Å². The van der Waals surface area contributed by atoms with Crippen LogP contribution in [0.15, 0.2) is 12.2 Å². The molecule has 8 heteroatoms. The molecule has 3 fully saturated rings. The summed E-state index contributed by atoms with van der Waals surface area (Å²) < 4.78 is 44.2. The highest BCUT2D eigenvalue weighted by molar-refractivity contribution is 6.74. The maximum atomic E-state index is 6.96. The second-order valence-electron chi connectivity index (χ2n) is 13.2. The van der Waals surface area contributed by atoms with Crippen molar-refractivity contribution in [1.29, 1.82) is 0 Å². The van der Waals surface area contributed by atoms with Gasteiger partial charge in [0, 0.05) is 20.0 Å². The minimum absolute atomic E-state index is 0.0995. The number of ether oxygens (including phenoxy) is 6. The van der Waals surface area contributed by atoms with Crippen LogP contribution in [0.25, 0.3) is 0 Å². The lowest BCUT2D eigenvalue weighted by atomic mass is 9.80. The molecule has 0 bridgehead atoms. The van der Waals surface area contributed by atoms with Gasteiger partial charge in [-0.05, 0) is 56.7 Å². The Morgan fingerprint density at radius 1 is 1.03 bits per heavy atom. The van der Waals surface area contributed by atoms with Crippen LogP contribution in [0.1, 0.15) is 74.1 Å². The van der Waals surface area contributed by atoms with Crippen LogP contribution in [0.3, 0.4) is 0 Å². The van der Waals surface area contributed by atoms with Crippen LogP contribution in [0.5, 0.6) is 0 Å². The van der Waals surface area contributed by atoms with Crippen LogP contribution in [-0.2, 0) is 32.8 Å². The molecule has 3 heterocycles. The highest BCUT2D eigenvalue weighted by Gasteiger charge is 2.55. The maximum absolute atomic E-state index is 6.96. The van der Waals surface area contributed by atoms with Gasteiger partial charge in [-0.25, -0.2) is 0 Å². The van der Waals surface area contributed by atoms with Gasteiger partial charge in [-0.2, -0.15) is 0 Å². The average molecular weight is 529 g/mol. The SMILES string of the molecule is C=C(C)[C@H](O[Si](C)(C)C(C)(C)C)[C@@H]1C[C@H](C)C[C@]2(C[C@H](C)C[C@@H]([C@@H](OCOC)C3(C)OCCO3)O2)O1. The normalized spacial score (nSPS) is 35.1. The molecule has 3 aliphatic rings. The predicted octanol–water partition coefficient (Wildman–Crippen LogP) is 6.03. The van der Waals surface area contributed by atoms with E-state index in [-0.39, 0.29) is 30.1 Å². The van der Waals surface area contributed by atoms with Crippen molar-refractivity contribution in [2.75, 3.05) is 27.1 Å². The summed E-state index contributed by atoms with van der Waals surface area (Å²) in [6.07, 6.45) is 2.48. The Hall–Kier alpha value is -0.323. The molecular formula is C28H52O7Si. The minimum Gasteiger partial charge on any atom is -0.408 e. The van der Waals surface area contributed by atoms with Gasteiger partial charge in [0.05, 0.1) is 31.5 Å². The van der Waals surface area contributed by atoms with Crippen LogP contribution in [0.4, 0.5) is 0 Å². The van der Waals surface area contributed by atoms with Crippen LogP contribution in [0.2, 0.25) is 18.1 Å². The van der Waals surface area contributed by atoms with E-state index in [0.29, 0.717) is 25.0 Å². The van der Waals surface area contributed by atoms with E-state index in [1.165, 1.54) is 0 Å². The summed E-state index contributed by atoms with van der Waals surface area (Å²) in [5, 5.41) is 0.0995. The molecule has 3 aliphatic heterocycles. The van der Waals surface area contributed by atoms with Gasteiger partial charge in [0.15, 0.2) is 19.9 Å². The third-order valence-electron chi connectivity index (χ3n) is 8.45. The maximum Gasteiger partial charge on any atom is 0.194 e. The van der Waals surface area contributed by atoms with Gasteiger partial charge >= 0.3 is 0 Å². The lowest BCUT2D eigenvalue weighted by molar-refractivity contribution is -0.365. The molecule has 7 atom stereocenters. The van der Waals surface area contributed by atoms with Crippen molar-refractivity contribution in [3.8, 4) is 0 Å². The van der Waals surface area contributed by atoms with E-state index in [2.05, 4.69) is 61.2 Å². The fraction of sp³-hybridized carbons (Fsp3) is 0.929. The molecule has 0 aromatic carbocycles. The van der Waals surface area contributed by atoms with Gasteiger partial charge < -0.3 is 32.8 Å². The summed E-state index contributed by atoms with van der Waals surface area (Å²) >= 11 is 0. The number of hydrogen-bond acceptors (Lipinski definition) is 7. The van der Waals surface area contributed by atoms with Crippen LogP contribution < -0.4 is 0 Å². The molecule has 0 aromatic heterocycles. The van der Waals surface area contributed by atoms with Gasteiger partial charge in [-0.1, -0.05) is 46.8 Å². The highest BCUT2D eigenvalue weighted by atomic mass is 28.4. The Bertz CT molecular complexity index is 741. The zero-order chi connectivity index (χ0) is 26.9. The second kappa shape index (κ2) is 11.4. The van der Waals surface area contributed by atoms with Gasteiger partial charge in [-0.3, -0.25) is 0 Å². The molecule has 210 valence electrons. The lowest BCUT2D eigenvalue weighted by Crippen LogP contribution is -2.60. The quantitative estimate of drug-likeness (QED) is 0.206. The van der Waals surface area contributed by atoms with Crippen LogP contribution in [-0.4, -0.2) is 71.4 Å². The molecule has 0 saturated carbocycles. The molecule has 1 spiro atoms. The van der Waals surface area contributed by atoms with Crippen molar-refractivity contribution in [3.05, 3.63) is 12.2 Å². The average Bonchev–Trinajstić information content (AvgIpc) is 3.17. The van der Waals surface area contributed by atoms with E-state index < -0.39 is 26.0 Å². The first-order valence-electron chi connectivity index (χ1n) is 13.7. The molecule has 0 aromatic rings. The van der Waals surface area contributed by atoms with Crippen molar-refractivity contribution >= 4 is 8.32 Å². The van der Waals surface area contributed by atoms with Crippen LogP contribution >= 0.6 is 0 Å². The Morgan fingerprint density at radius 3 is 2.06 bits per heavy atom. The summed E-state index contributed by atoms with van der Waals surface area (Å²) in [5.41, 5.74) is 1.01. The number of methoxy groups -OCH3 is 1. The van der Waals surface area contributed by atoms with E-state index in [4.69, 9.17) is 32.8 Å². The van der Waals surface area contributed by atoms with E-state index in [1.54, 1.807) is 7.11 Å². The lowest BCUT2D eigenvalue weighted by Gasteiger charge is -2.53. The highest BCUT2D eigenvalue weighted by Crippen LogP contribution is 2.48. The summed E-state index contributed by atoms with van der Waals surface area (Å²) in [5.74, 6) is -0.781. The van der Waals surface area contributed by atoms with E-state index in [0.717, 1.165) is 31.3 Å². The first-order valence-corrected chi connectivity index (χ1v) is 16.6. The Labute approximate surface area is 220 Å². The van der Waals surface area contributed by atoms with Crippen molar-refractivity contribution in [2.45, 2.75) is 128 Å². The van der Waals surface area contributed by atoms with E-state index in [9.17, 15) is 0 Å². The summed E-state index contributed by atoms with van der Waals surface area (Å²) in [7, 11) is -0.411. The van der Waals surface area contributed by atoms with Crippen molar-refractivity contribution in [2.24, 2.45) is 11.8 Å². The predicted molar refractivity (Wildman–Crippen MR) is 143 cm³/mol. The summed E-state index contributed by atoms with van der Waals surface area (Å²) in [6.45, 7) is 25.5. The third kappa shape index (κ3) is 6.81. The molecule has 0 amide bonds. The fourth-order valence-electron chi connectivity index (χ4n) is 5.76. The number of hydrogen-bond donors (Lipinski definition) is 0. The first kappa shape index (κ1) is 30.2. The number of rotatable bonds is 9. The van der Waals surface area contributed by atoms with Gasteiger partial charge in [0.1, 0.15) is 12.9 Å². The summed E-state index contributed by atoms with van der Waals surface area (Å²) in [6, 6.07) is 0. The molecule has 3 rings (SSSR count). The Balaban J connectivity index is 1.87. The summed E-state index contributed by atoms with van der Waals surface area (Å²) in [4.78, 5) is 0. The van der Waals surface area contributed by atoms with E-state index >= 15 is 0 Å². The standard InChI is InChI=1S/C28H52O7Si/c1-19(2)24(35-36(10,11)26(5,6)7)22-14-20(3)16-28(33-22)17-21(4)15-23(34-28)25(30-18-29-9)27(8)31-12-13-32-27/h20-25H,1,12-18H2,2-11H3/t20-,21+,22-,23-,24-,25+,28-/m0/s1. The van der Waals surface area contributed by atoms with Gasteiger partial charge in [-0.15, -0.1) is 0 Å². The second-order valence-corrected chi connectivity index (χ2v) is 17.9. The molecular weight excluding hydrogens is 476 g/mol. The Kier molecular flexibility index (Phi) is 9.59. The van der Waals surface area contributed by atoms with Gasteiger partial charge in [0.2, 0.25) is 0 Å². The largest absolute Gasteiger partial charge is 0.408 e. The molecule has 0 aliphatic carbocycles. The minimum atomic E-state index is -2.03. The smallest absolute Gasteiger partial charge is 0.194 e. The first-order chi connectivity index (χ1) is 16.6. The van der Waals surface area contributed by atoms with Crippen molar-refractivity contribution < 1.29 is 32.8 Å². The molecule has 0 N–H and O–H groups in total. The fourth-order valence-corrected chi connectivity index (χ4v) is 7.11. The third-order valence-corrected chi connectivity index (χ3v) is 12.9. The zero-order valence-corrected chi connectivity index (χ0v) is 25.5. The molecule has 3 saturated heterocycles. The molecule has 0 radical (unpaired) electrons. The molecule has 7 nitrogen and oxygen atoms in total. The monoisotopic (exact) mass is 528 g/mol. The van der Waals surface area contributed by atoms with E-state index in [1.807, 2.05) is 6.92 Å². The van der Waals surface area contributed by atoms with Crippen molar-refractivity contribution in [1.82, 2.24) is 0 Å². The zero-order valence-electron chi connectivity index (χ0n) is 24.5. The Morgan fingerprint density at radius 2 is 1.56 bits per heavy atom. The van der Waals surface area contributed by atoms with Crippen molar-refractivity contribution in [3.63, 3.8) is 0 Å². The molecule has 36 heavy (non-hydrogen) atoms. The molecule has 0 unspecified atom stereocenters. The topological polar surface area (TPSA) is 64.6 Å².